The average molecular weight is 380 g/mol. The first kappa shape index (κ1) is 19.4. The Morgan fingerprint density at radius 3 is 2.67 bits per heavy atom. The molecule has 0 aliphatic rings. The van der Waals surface area contributed by atoms with Gasteiger partial charge in [-0.05, 0) is 52.0 Å². The number of hydrogen-bond donors (Lipinski definition) is 2. The Morgan fingerprint density at radius 2 is 1.96 bits per heavy atom. The first-order chi connectivity index (χ1) is 12.8. The van der Waals surface area contributed by atoms with Crippen LogP contribution in [0.25, 0.3) is 5.69 Å². The van der Waals surface area contributed by atoms with Gasteiger partial charge in [0.25, 0.3) is 0 Å². The molecule has 0 saturated heterocycles. The molecule has 0 fully saturated rings. The van der Waals surface area contributed by atoms with E-state index in [1.54, 1.807) is 25.2 Å². The largest absolute Gasteiger partial charge is 0.378 e. The summed E-state index contributed by atoms with van der Waals surface area (Å²) in [6, 6.07) is 14.4. The van der Waals surface area contributed by atoms with Crippen LogP contribution in [0.1, 0.15) is 47.8 Å². The second kappa shape index (κ2) is 8.10. The zero-order valence-corrected chi connectivity index (χ0v) is 17.0. The van der Waals surface area contributed by atoms with Gasteiger partial charge in [0.05, 0.1) is 16.8 Å². The minimum Gasteiger partial charge on any atom is -0.378 e. The third kappa shape index (κ3) is 5.08. The maximum atomic E-state index is 9.71. The van der Waals surface area contributed by atoms with E-state index in [0.717, 1.165) is 22.8 Å². The summed E-state index contributed by atoms with van der Waals surface area (Å²) >= 11 is 1.65. The number of rotatable bonds is 5. The molecule has 0 bridgehead atoms. The summed E-state index contributed by atoms with van der Waals surface area (Å²) in [7, 11) is 0. The average Bonchev–Trinajstić information content (AvgIpc) is 3.24. The molecule has 27 heavy (non-hydrogen) atoms. The smallest absolute Gasteiger partial charge is 0.120 e. The van der Waals surface area contributed by atoms with E-state index in [1.165, 1.54) is 10.4 Å². The van der Waals surface area contributed by atoms with E-state index < -0.39 is 5.60 Å². The summed E-state index contributed by atoms with van der Waals surface area (Å²) < 4.78 is 1.98. The molecule has 4 nitrogen and oxygen atoms in total. The highest BCUT2D eigenvalue weighted by molar-refractivity contribution is 7.12. The van der Waals surface area contributed by atoms with Gasteiger partial charge in [-0.3, -0.25) is 0 Å². The van der Waals surface area contributed by atoms with Crippen LogP contribution >= 0.6 is 11.3 Å². The third-order valence-corrected chi connectivity index (χ3v) is 5.25. The number of aromatic nitrogens is 2. The van der Waals surface area contributed by atoms with E-state index in [4.69, 9.17) is 0 Å². The highest BCUT2D eigenvalue weighted by Crippen LogP contribution is 2.22. The van der Waals surface area contributed by atoms with Crippen molar-refractivity contribution in [2.75, 3.05) is 0 Å². The molecule has 2 N–H and O–H groups in total. The molecular formula is C22H25N3OS. The molecule has 140 valence electrons. The highest BCUT2D eigenvalue weighted by atomic mass is 32.1. The van der Waals surface area contributed by atoms with E-state index in [9.17, 15) is 5.11 Å². The van der Waals surface area contributed by atoms with Gasteiger partial charge in [0.15, 0.2) is 0 Å². The maximum Gasteiger partial charge on any atom is 0.120 e. The lowest BCUT2D eigenvalue weighted by atomic mass is 10.1. The summed E-state index contributed by atoms with van der Waals surface area (Å²) in [6.07, 6.45) is 1.94. The summed E-state index contributed by atoms with van der Waals surface area (Å²) in [5.41, 5.74) is 2.44. The first-order valence-electron chi connectivity index (χ1n) is 9.01. The van der Waals surface area contributed by atoms with Gasteiger partial charge < -0.3 is 10.4 Å². The van der Waals surface area contributed by atoms with Gasteiger partial charge in [-0.15, -0.1) is 11.3 Å². The maximum absolute atomic E-state index is 9.71. The van der Waals surface area contributed by atoms with Crippen molar-refractivity contribution >= 4 is 11.3 Å². The number of nitrogens with one attached hydrogen (secondary N) is 1. The Bertz CT molecular complexity index is 955. The van der Waals surface area contributed by atoms with Crippen molar-refractivity contribution in [3.05, 3.63) is 69.7 Å². The monoisotopic (exact) mass is 379 g/mol. The molecule has 0 saturated carbocycles. The van der Waals surface area contributed by atoms with Crippen LogP contribution in [-0.2, 0) is 6.54 Å². The van der Waals surface area contributed by atoms with Crippen molar-refractivity contribution in [3.63, 3.8) is 0 Å². The van der Waals surface area contributed by atoms with E-state index in [1.807, 2.05) is 35.1 Å². The summed E-state index contributed by atoms with van der Waals surface area (Å²) in [5.74, 6) is 5.88. The van der Waals surface area contributed by atoms with Crippen LogP contribution < -0.4 is 5.32 Å². The fourth-order valence-corrected chi connectivity index (χ4v) is 3.61. The molecular weight excluding hydrogens is 354 g/mol. The van der Waals surface area contributed by atoms with Gasteiger partial charge in [-0.25, -0.2) is 4.68 Å². The predicted octanol–water partition coefficient (Wildman–Crippen LogP) is 4.22. The molecule has 2 aromatic heterocycles. The Labute approximate surface area is 164 Å². The molecule has 1 aromatic carbocycles. The minimum atomic E-state index is -0.965. The molecule has 1 unspecified atom stereocenters. The zero-order valence-electron chi connectivity index (χ0n) is 16.2. The lowest BCUT2D eigenvalue weighted by Gasteiger charge is -2.13. The van der Waals surface area contributed by atoms with Crippen molar-refractivity contribution in [2.24, 2.45) is 0 Å². The molecule has 1 atom stereocenters. The lowest BCUT2D eigenvalue weighted by molar-refractivity contribution is 0.143. The van der Waals surface area contributed by atoms with E-state index in [0.29, 0.717) is 0 Å². The number of aliphatic hydroxyl groups is 1. The van der Waals surface area contributed by atoms with Gasteiger partial charge in [0.2, 0.25) is 0 Å². The van der Waals surface area contributed by atoms with Crippen LogP contribution in [0.3, 0.4) is 0 Å². The Balaban J connectivity index is 1.65. The zero-order chi connectivity index (χ0) is 19.4. The number of benzene rings is 1. The van der Waals surface area contributed by atoms with Crippen LogP contribution in [0.4, 0.5) is 0 Å². The Hall–Kier alpha value is -2.39. The van der Waals surface area contributed by atoms with Gasteiger partial charge in [-0.1, -0.05) is 30.0 Å². The minimum absolute atomic E-state index is 0.190. The summed E-state index contributed by atoms with van der Waals surface area (Å²) in [6.45, 7) is 8.41. The number of nitrogens with zero attached hydrogens (tertiary/aromatic N) is 2. The molecule has 0 amide bonds. The summed E-state index contributed by atoms with van der Waals surface area (Å²) in [5, 5.41) is 17.8. The lowest BCUT2D eigenvalue weighted by Crippen LogP contribution is -2.18. The molecule has 3 aromatic rings. The first-order valence-corrected chi connectivity index (χ1v) is 9.83. The standard InChI is InChI=1S/C22H25N3OS/c1-16(21-15-24-25(17(21)2)18-8-6-5-7-9-18)23-14-20-11-10-19(27-20)12-13-22(3,4)26/h5-11,15-16,23,26H,14H2,1-4H3. The topological polar surface area (TPSA) is 50.1 Å². The van der Waals surface area contributed by atoms with Crippen LogP contribution in [0.15, 0.2) is 48.7 Å². The van der Waals surface area contributed by atoms with Crippen molar-refractivity contribution in [1.29, 1.82) is 0 Å². The summed E-state index contributed by atoms with van der Waals surface area (Å²) in [4.78, 5) is 2.18. The number of para-hydroxylation sites is 1. The number of hydrogen-bond acceptors (Lipinski definition) is 4. The fraction of sp³-hybridized carbons (Fsp3) is 0.318. The molecule has 3 rings (SSSR count). The third-order valence-electron chi connectivity index (χ3n) is 4.25. The van der Waals surface area contributed by atoms with Crippen LogP contribution in [0.5, 0.6) is 0 Å². The molecule has 0 radical (unpaired) electrons. The van der Waals surface area contributed by atoms with Crippen molar-refractivity contribution in [3.8, 4) is 17.5 Å². The van der Waals surface area contributed by atoms with Gasteiger partial charge in [-0.2, -0.15) is 5.10 Å². The quantitative estimate of drug-likeness (QED) is 0.653. The van der Waals surface area contributed by atoms with Crippen molar-refractivity contribution in [1.82, 2.24) is 15.1 Å². The second-order valence-electron chi connectivity index (χ2n) is 7.11. The SMILES string of the molecule is Cc1c(C(C)NCc2ccc(C#CC(C)(C)O)s2)cnn1-c1ccccc1. The Morgan fingerprint density at radius 1 is 1.22 bits per heavy atom. The molecule has 0 aliphatic heterocycles. The molecule has 5 heteroatoms. The predicted molar refractivity (Wildman–Crippen MR) is 111 cm³/mol. The highest BCUT2D eigenvalue weighted by Gasteiger charge is 2.14. The van der Waals surface area contributed by atoms with Crippen molar-refractivity contribution < 1.29 is 5.11 Å². The van der Waals surface area contributed by atoms with E-state index >= 15 is 0 Å². The number of thiophene rings is 1. The Kier molecular flexibility index (Phi) is 5.81. The van der Waals surface area contributed by atoms with E-state index in [2.05, 4.69) is 54.3 Å². The van der Waals surface area contributed by atoms with Crippen LogP contribution in [0, 0.1) is 18.8 Å². The molecule has 0 aliphatic carbocycles. The van der Waals surface area contributed by atoms with Gasteiger partial charge in [0.1, 0.15) is 5.60 Å². The van der Waals surface area contributed by atoms with Gasteiger partial charge >= 0.3 is 0 Å². The van der Waals surface area contributed by atoms with Gasteiger partial charge in [0, 0.05) is 28.7 Å². The normalized spacial score (nSPS) is 12.5. The second-order valence-corrected chi connectivity index (χ2v) is 8.28. The fourth-order valence-electron chi connectivity index (χ4n) is 2.80. The van der Waals surface area contributed by atoms with Crippen molar-refractivity contribution in [2.45, 2.75) is 45.9 Å². The van der Waals surface area contributed by atoms with Crippen LogP contribution in [0.2, 0.25) is 0 Å². The van der Waals surface area contributed by atoms with Crippen LogP contribution in [-0.4, -0.2) is 20.5 Å². The van der Waals surface area contributed by atoms with E-state index in [-0.39, 0.29) is 6.04 Å². The molecule has 0 spiro atoms. The molecule has 2 heterocycles.